The van der Waals surface area contributed by atoms with Crippen molar-refractivity contribution in [1.82, 2.24) is 23.9 Å². The van der Waals surface area contributed by atoms with Gasteiger partial charge in [0.2, 0.25) is 5.88 Å². The predicted molar refractivity (Wildman–Crippen MR) is 295 cm³/mol. The number of nitrogens with zero attached hydrogens (tertiary/aromatic N) is 5. The summed E-state index contributed by atoms with van der Waals surface area (Å²) < 4.78 is 20.1. The molecule has 0 aliphatic carbocycles. The normalized spacial score (nSPS) is 10.7. The Morgan fingerprint density at radius 3 is 1.58 bits per heavy atom. The van der Waals surface area contributed by atoms with Crippen LogP contribution in [0.3, 0.4) is 0 Å². The van der Waals surface area contributed by atoms with Crippen molar-refractivity contribution >= 4 is 103 Å². The number of aliphatic carboxylic acids is 1. The highest BCUT2D eigenvalue weighted by Crippen LogP contribution is 2.33. The van der Waals surface area contributed by atoms with E-state index in [1.54, 1.807) is 146 Å². The van der Waals surface area contributed by atoms with E-state index in [1.165, 1.54) is 30.2 Å². The van der Waals surface area contributed by atoms with E-state index in [4.69, 9.17) is 49.0 Å². The molecule has 5 aromatic carbocycles. The summed E-state index contributed by atoms with van der Waals surface area (Å²) in [6.07, 6.45) is 3.25. The number of ketones is 2. The van der Waals surface area contributed by atoms with Crippen LogP contribution in [0.5, 0.6) is 17.4 Å². The second kappa shape index (κ2) is 25.4. The molecule has 0 bridgehead atoms. The molecule has 392 valence electrons. The first-order valence-electron chi connectivity index (χ1n) is 23.4. The third-order valence-corrected chi connectivity index (χ3v) is 12.6. The van der Waals surface area contributed by atoms with Gasteiger partial charge in [-0.25, -0.2) is 4.98 Å². The van der Waals surface area contributed by atoms with Gasteiger partial charge in [-0.05, 0) is 141 Å². The fourth-order valence-electron chi connectivity index (χ4n) is 8.40. The van der Waals surface area contributed by atoms with Gasteiger partial charge in [0.25, 0.3) is 17.7 Å². The smallest absolute Gasteiger partial charge is 0.307 e. The molecule has 0 radical (unpaired) electrons. The van der Waals surface area contributed by atoms with E-state index in [-0.39, 0.29) is 56.0 Å². The second-order valence-corrected chi connectivity index (χ2v) is 18.5. The lowest BCUT2D eigenvalue weighted by Gasteiger charge is -2.10. The van der Waals surface area contributed by atoms with Crippen molar-refractivity contribution in [1.29, 1.82) is 0 Å². The van der Waals surface area contributed by atoms with Gasteiger partial charge in [-0.1, -0.05) is 55.6 Å². The van der Waals surface area contributed by atoms with Gasteiger partial charge < -0.3 is 19.3 Å². The predicted octanol–water partition coefficient (Wildman–Crippen LogP) is 12.2. The van der Waals surface area contributed by atoms with E-state index in [0.717, 1.165) is 22.9 Å². The zero-order chi connectivity index (χ0) is 54.1. The minimum atomic E-state index is -0.937. The second-order valence-electron chi connectivity index (χ2n) is 17.1. The molecule has 0 aliphatic rings. The van der Waals surface area contributed by atoms with E-state index >= 15 is 0 Å². The van der Waals surface area contributed by atoms with Crippen LogP contribution in [0, 0.1) is 0 Å². The van der Waals surface area contributed by atoms with Crippen LogP contribution < -0.4 is 14.2 Å². The molecule has 0 saturated carbocycles. The Morgan fingerprint density at radius 1 is 0.579 bits per heavy atom. The minimum Gasteiger partial charge on any atom is -0.497 e. The maximum Gasteiger partial charge on any atom is 0.307 e. The molecular weight excluding hydrogens is 1030 g/mol. The Labute approximate surface area is 453 Å². The third kappa shape index (κ3) is 13.0. The number of carboxylic acids is 1. The van der Waals surface area contributed by atoms with Crippen LogP contribution in [0.25, 0.3) is 32.8 Å². The Kier molecular flexibility index (Phi) is 19.1. The van der Waals surface area contributed by atoms with Gasteiger partial charge in [0.1, 0.15) is 23.1 Å². The zero-order valence-electron chi connectivity index (χ0n) is 41.7. The SMILES string of the molecule is C.CCCc1c(CC(=O)O)c2cc(OC)ccc2n1C(=O)c1ccc(Cl)cc1.COc1ccc2c(c1)c(CC(C)=O)nn2C(=O)c1ccc(Cl)cc1.COc1ccc2c(n1)c(CC(C)=O)cn2C(=O)c1ccc(Cl)cc1. The van der Waals surface area contributed by atoms with Crippen molar-refractivity contribution in [2.45, 2.75) is 60.3 Å². The molecule has 4 heterocycles. The molecule has 0 unspecified atom stereocenters. The first-order chi connectivity index (χ1) is 35.9. The number of aromatic nitrogens is 5. The lowest BCUT2D eigenvalue weighted by atomic mass is 10.0. The van der Waals surface area contributed by atoms with Crippen molar-refractivity contribution in [3.8, 4) is 17.4 Å². The molecule has 0 aliphatic heterocycles. The van der Waals surface area contributed by atoms with Gasteiger partial charge >= 0.3 is 5.97 Å². The van der Waals surface area contributed by atoms with Gasteiger partial charge in [-0.2, -0.15) is 9.78 Å². The molecule has 0 atom stereocenters. The number of fused-ring (bicyclic) bond motifs is 3. The molecule has 18 heteroatoms. The highest BCUT2D eigenvalue weighted by Gasteiger charge is 2.25. The third-order valence-electron chi connectivity index (χ3n) is 11.8. The van der Waals surface area contributed by atoms with Gasteiger partial charge in [0, 0.05) is 72.5 Å². The van der Waals surface area contributed by atoms with Crippen LogP contribution in [0.4, 0.5) is 0 Å². The van der Waals surface area contributed by atoms with Crippen LogP contribution in [-0.4, -0.2) is 85.6 Å². The van der Waals surface area contributed by atoms with Crippen LogP contribution in [0.1, 0.15) is 88.2 Å². The number of benzene rings is 5. The number of methoxy groups -OCH3 is 3. The number of carbonyl (C=O) groups is 6. The summed E-state index contributed by atoms with van der Waals surface area (Å²) in [4.78, 5) is 77.7. The molecule has 4 aromatic heterocycles. The summed E-state index contributed by atoms with van der Waals surface area (Å²) in [6, 6.07) is 34.0. The van der Waals surface area contributed by atoms with Crippen molar-refractivity contribution in [2.75, 3.05) is 21.3 Å². The molecule has 0 spiro atoms. The van der Waals surface area contributed by atoms with Crippen LogP contribution in [0.2, 0.25) is 15.1 Å². The van der Waals surface area contributed by atoms with E-state index < -0.39 is 5.97 Å². The number of carboxylic acid groups (broad SMARTS) is 1. The summed E-state index contributed by atoms with van der Waals surface area (Å²) >= 11 is 17.7. The minimum absolute atomic E-state index is 0. The Morgan fingerprint density at radius 2 is 1.08 bits per heavy atom. The lowest BCUT2D eigenvalue weighted by molar-refractivity contribution is -0.136. The van der Waals surface area contributed by atoms with Crippen LogP contribution >= 0.6 is 34.8 Å². The summed E-state index contributed by atoms with van der Waals surface area (Å²) in [6.45, 7) is 5.00. The number of hydrogen-bond acceptors (Lipinski definition) is 11. The molecule has 15 nitrogen and oxygen atoms in total. The largest absolute Gasteiger partial charge is 0.497 e. The molecule has 9 aromatic rings. The summed E-state index contributed by atoms with van der Waals surface area (Å²) in [5, 5.41) is 16.9. The number of Topliss-reactive ketones (excluding diaryl/α,β-unsaturated/α-hetero) is 2. The van der Waals surface area contributed by atoms with E-state index in [1.807, 2.05) is 6.92 Å². The molecule has 76 heavy (non-hydrogen) atoms. The van der Waals surface area contributed by atoms with Gasteiger partial charge in [-0.3, -0.25) is 37.9 Å². The molecule has 9 rings (SSSR count). The molecule has 0 fully saturated rings. The number of halogens is 3. The van der Waals surface area contributed by atoms with Crippen molar-refractivity contribution in [2.24, 2.45) is 0 Å². The Balaban J connectivity index is 0.000000184. The lowest BCUT2D eigenvalue weighted by Crippen LogP contribution is -2.16. The number of carbonyl (C=O) groups excluding carboxylic acids is 5. The highest BCUT2D eigenvalue weighted by atomic mass is 35.5. The number of rotatable bonds is 14. The molecule has 0 saturated heterocycles. The Bertz CT molecular complexity index is 3460. The van der Waals surface area contributed by atoms with E-state index in [0.29, 0.717) is 94.4 Å². The summed E-state index contributed by atoms with van der Waals surface area (Å²) in [7, 11) is 4.64. The van der Waals surface area contributed by atoms with Crippen LogP contribution in [0.15, 0.2) is 128 Å². The number of pyridine rings is 1. The highest BCUT2D eigenvalue weighted by molar-refractivity contribution is 6.31. The first-order valence-corrected chi connectivity index (χ1v) is 24.5. The Hall–Kier alpha value is -8.11. The van der Waals surface area contributed by atoms with Gasteiger partial charge in [-0.15, -0.1) is 0 Å². The van der Waals surface area contributed by atoms with Crippen LogP contribution in [-0.2, 0) is 40.1 Å². The van der Waals surface area contributed by atoms with Gasteiger partial charge in [0.05, 0.1) is 61.9 Å². The van der Waals surface area contributed by atoms with Crippen molar-refractivity contribution in [3.63, 3.8) is 0 Å². The summed E-state index contributed by atoms with van der Waals surface area (Å²) in [5.74, 6) is 0.0362. The number of ether oxygens (including phenoxy) is 3. The zero-order valence-corrected chi connectivity index (χ0v) is 43.9. The van der Waals surface area contributed by atoms with E-state index in [2.05, 4.69) is 10.1 Å². The maximum atomic E-state index is 13.3. The van der Waals surface area contributed by atoms with E-state index in [9.17, 15) is 33.9 Å². The number of hydrogen-bond donors (Lipinski definition) is 1. The average Bonchev–Trinajstić information content (AvgIpc) is 4.04. The molecule has 0 amide bonds. The maximum absolute atomic E-state index is 13.3. The fraction of sp³-hybridized carbons (Fsp3) is 0.207. The fourth-order valence-corrected chi connectivity index (χ4v) is 8.78. The first kappa shape index (κ1) is 57.2. The topological polar surface area (TPSA) is 191 Å². The monoisotopic (exact) mass is 1090 g/mol. The summed E-state index contributed by atoms with van der Waals surface area (Å²) in [5.41, 5.74) is 6.62. The van der Waals surface area contributed by atoms with Gasteiger partial charge in [0.15, 0.2) is 0 Å². The standard InChI is InChI=1S/C21H20ClNO4.2C18H15ClN2O3.CH4/c1-3-4-18-17(12-20(24)25)16-11-15(27-2)9-10-19(16)23(18)21(26)13-5-7-14(22)8-6-13;1-11(22)9-13-10-21(15-7-8-16(24-2)20-17(13)15)18(23)12-3-5-14(19)6-4-12;1-11(22)9-16-15-10-14(24-2)7-8-17(15)21(20-16)18(23)12-3-5-13(19)6-4-12;/h5-11H,3-4,12H2,1-2H3,(H,24,25);2*3-8,10H,9H2,1-2H3;1H4. The molecular formula is C58H54Cl3N5O10. The van der Waals surface area contributed by atoms with Crippen molar-refractivity contribution in [3.05, 3.63) is 182 Å². The molecule has 1 N–H and O–H groups in total. The van der Waals surface area contributed by atoms with Crippen molar-refractivity contribution < 1.29 is 48.1 Å². The average molecular weight is 1090 g/mol. The quantitative estimate of drug-likeness (QED) is 0.109.